The molecule has 1 saturated heterocycles. The van der Waals surface area contributed by atoms with Gasteiger partial charge in [0.1, 0.15) is 9.84 Å². The molecule has 2 N–H and O–H groups in total. The Bertz CT molecular complexity index is 437. The molecule has 0 aromatic heterocycles. The highest BCUT2D eigenvalue weighted by atomic mass is 32.2. The van der Waals surface area contributed by atoms with Gasteiger partial charge in [-0.15, -0.1) is 0 Å². The summed E-state index contributed by atoms with van der Waals surface area (Å²) < 4.78 is 22.1. The minimum atomic E-state index is -2.88. The highest BCUT2D eigenvalue weighted by Crippen LogP contribution is 2.18. The number of hydrogen-bond donors (Lipinski definition) is 2. The molecule has 1 heterocycles. The molecule has 0 amide bonds. The third-order valence-corrected chi connectivity index (χ3v) is 5.15. The molecule has 1 aliphatic heterocycles. The maximum absolute atomic E-state index is 11.1. The SMILES string of the molecule is CCC1CCCCN1CCNC(=NC)NCCCS(C)(=O)=O. The minimum absolute atomic E-state index is 0.211. The van der Waals surface area contributed by atoms with Gasteiger partial charge in [0.2, 0.25) is 0 Å². The number of aliphatic imine (C=N–C) groups is 1. The Labute approximate surface area is 135 Å². The highest BCUT2D eigenvalue weighted by molar-refractivity contribution is 7.90. The van der Waals surface area contributed by atoms with Gasteiger partial charge in [-0.3, -0.25) is 9.89 Å². The summed E-state index contributed by atoms with van der Waals surface area (Å²) >= 11 is 0. The largest absolute Gasteiger partial charge is 0.356 e. The predicted octanol–water partition coefficient (Wildman–Crippen LogP) is 0.851. The normalized spacial score (nSPS) is 20.9. The minimum Gasteiger partial charge on any atom is -0.356 e. The summed E-state index contributed by atoms with van der Waals surface area (Å²) in [7, 11) is -1.14. The summed E-state index contributed by atoms with van der Waals surface area (Å²) in [6, 6.07) is 0.722. The Balaban J connectivity index is 2.20. The van der Waals surface area contributed by atoms with Crippen molar-refractivity contribution < 1.29 is 8.42 Å². The van der Waals surface area contributed by atoms with E-state index in [1.54, 1.807) is 7.05 Å². The van der Waals surface area contributed by atoms with Gasteiger partial charge in [0.05, 0.1) is 5.75 Å². The first-order valence-electron chi connectivity index (χ1n) is 8.32. The zero-order valence-corrected chi connectivity index (χ0v) is 15.1. The molecule has 1 aliphatic rings. The van der Waals surface area contributed by atoms with E-state index >= 15 is 0 Å². The van der Waals surface area contributed by atoms with Crippen LogP contribution in [0.1, 0.15) is 39.0 Å². The van der Waals surface area contributed by atoms with Crippen LogP contribution < -0.4 is 10.6 Å². The molecule has 6 nitrogen and oxygen atoms in total. The summed E-state index contributed by atoms with van der Waals surface area (Å²) in [5.74, 6) is 0.960. The van der Waals surface area contributed by atoms with Crippen molar-refractivity contribution in [3.63, 3.8) is 0 Å². The van der Waals surface area contributed by atoms with E-state index in [4.69, 9.17) is 0 Å². The number of rotatable bonds is 8. The van der Waals surface area contributed by atoms with E-state index in [1.165, 1.54) is 38.5 Å². The van der Waals surface area contributed by atoms with Gasteiger partial charge in [0.15, 0.2) is 5.96 Å². The van der Waals surface area contributed by atoms with Gasteiger partial charge in [-0.05, 0) is 32.2 Å². The molecule has 130 valence electrons. The van der Waals surface area contributed by atoms with Crippen LogP contribution in [0, 0.1) is 0 Å². The van der Waals surface area contributed by atoms with Crippen LogP contribution in [0.3, 0.4) is 0 Å². The average Bonchev–Trinajstić information content (AvgIpc) is 2.49. The standard InChI is InChI=1S/C15H32N4O2S/c1-4-14-8-5-6-11-19(14)12-10-18-15(16-2)17-9-7-13-22(3,20)21/h14H,4-13H2,1-3H3,(H2,16,17,18). The quantitative estimate of drug-likeness (QED) is 0.392. The van der Waals surface area contributed by atoms with E-state index in [2.05, 4.69) is 27.4 Å². The molecule has 0 aromatic rings. The van der Waals surface area contributed by atoms with Crippen LogP contribution in [0.5, 0.6) is 0 Å². The maximum atomic E-state index is 11.1. The Hall–Kier alpha value is -0.820. The molecule has 0 saturated carbocycles. The topological polar surface area (TPSA) is 73.8 Å². The fourth-order valence-corrected chi connectivity index (χ4v) is 3.57. The van der Waals surface area contributed by atoms with Gasteiger partial charge in [-0.1, -0.05) is 13.3 Å². The molecular weight excluding hydrogens is 300 g/mol. The molecular formula is C15H32N4O2S. The molecule has 1 fully saturated rings. The van der Waals surface area contributed by atoms with Crippen molar-refractivity contribution in [1.82, 2.24) is 15.5 Å². The van der Waals surface area contributed by atoms with Crippen molar-refractivity contribution in [1.29, 1.82) is 0 Å². The third-order valence-electron chi connectivity index (χ3n) is 4.12. The van der Waals surface area contributed by atoms with Gasteiger partial charge >= 0.3 is 0 Å². The van der Waals surface area contributed by atoms with Gasteiger partial charge in [0, 0.05) is 39.0 Å². The first kappa shape index (κ1) is 19.2. The summed E-state index contributed by atoms with van der Waals surface area (Å²) in [5, 5.41) is 6.47. The fourth-order valence-electron chi connectivity index (χ4n) is 2.90. The Morgan fingerprint density at radius 2 is 2.00 bits per heavy atom. The summed E-state index contributed by atoms with van der Waals surface area (Å²) in [6.07, 6.45) is 7.06. The van der Waals surface area contributed by atoms with Crippen LogP contribution >= 0.6 is 0 Å². The number of piperidine rings is 1. The van der Waals surface area contributed by atoms with Gasteiger partial charge in [-0.25, -0.2) is 8.42 Å². The van der Waals surface area contributed by atoms with Crippen molar-refractivity contribution >= 4 is 15.8 Å². The molecule has 1 atom stereocenters. The second kappa shape index (κ2) is 10.0. The second-order valence-corrected chi connectivity index (χ2v) is 8.26. The number of likely N-dealkylation sites (tertiary alicyclic amines) is 1. The van der Waals surface area contributed by atoms with Crippen molar-refractivity contribution in [2.24, 2.45) is 4.99 Å². The van der Waals surface area contributed by atoms with E-state index in [0.29, 0.717) is 13.0 Å². The van der Waals surface area contributed by atoms with Crippen LogP contribution in [-0.4, -0.2) is 70.6 Å². The smallest absolute Gasteiger partial charge is 0.191 e. The first-order valence-corrected chi connectivity index (χ1v) is 10.4. The zero-order valence-electron chi connectivity index (χ0n) is 14.3. The first-order chi connectivity index (χ1) is 10.5. The lowest BCUT2D eigenvalue weighted by atomic mass is 10.0. The highest BCUT2D eigenvalue weighted by Gasteiger charge is 2.19. The second-order valence-electron chi connectivity index (χ2n) is 6.00. The van der Waals surface area contributed by atoms with Crippen molar-refractivity contribution in [3.8, 4) is 0 Å². The summed E-state index contributed by atoms with van der Waals surface area (Å²) in [4.78, 5) is 6.73. The van der Waals surface area contributed by atoms with Crippen LogP contribution in [0.15, 0.2) is 4.99 Å². The van der Waals surface area contributed by atoms with E-state index in [-0.39, 0.29) is 5.75 Å². The van der Waals surface area contributed by atoms with Gasteiger partial charge in [0.25, 0.3) is 0 Å². The van der Waals surface area contributed by atoms with E-state index in [0.717, 1.165) is 25.1 Å². The fraction of sp³-hybridized carbons (Fsp3) is 0.933. The van der Waals surface area contributed by atoms with Gasteiger partial charge in [-0.2, -0.15) is 0 Å². The molecule has 1 rings (SSSR count). The average molecular weight is 333 g/mol. The molecule has 0 aliphatic carbocycles. The number of nitrogens with zero attached hydrogens (tertiary/aromatic N) is 2. The van der Waals surface area contributed by atoms with Crippen molar-refractivity contribution in [3.05, 3.63) is 0 Å². The molecule has 0 radical (unpaired) electrons. The van der Waals surface area contributed by atoms with Crippen molar-refractivity contribution in [2.45, 2.75) is 45.1 Å². The maximum Gasteiger partial charge on any atom is 0.191 e. The molecule has 7 heteroatoms. The van der Waals surface area contributed by atoms with E-state index < -0.39 is 9.84 Å². The molecule has 0 spiro atoms. The monoisotopic (exact) mass is 332 g/mol. The van der Waals surface area contributed by atoms with Crippen molar-refractivity contribution in [2.75, 3.05) is 45.2 Å². The lowest BCUT2D eigenvalue weighted by molar-refractivity contribution is 0.147. The lowest BCUT2D eigenvalue weighted by Crippen LogP contribution is -2.46. The molecule has 1 unspecified atom stereocenters. The number of hydrogen-bond acceptors (Lipinski definition) is 4. The van der Waals surface area contributed by atoms with E-state index in [1.807, 2.05) is 0 Å². The number of guanidine groups is 1. The third kappa shape index (κ3) is 7.98. The van der Waals surface area contributed by atoms with Crippen LogP contribution in [-0.2, 0) is 9.84 Å². The predicted molar refractivity (Wildman–Crippen MR) is 93.2 cm³/mol. The summed E-state index contributed by atoms with van der Waals surface area (Å²) in [6.45, 7) is 5.97. The number of sulfone groups is 1. The van der Waals surface area contributed by atoms with Gasteiger partial charge < -0.3 is 10.6 Å². The van der Waals surface area contributed by atoms with Crippen LogP contribution in [0.4, 0.5) is 0 Å². The van der Waals surface area contributed by atoms with E-state index in [9.17, 15) is 8.42 Å². The Morgan fingerprint density at radius 1 is 1.27 bits per heavy atom. The molecule has 0 bridgehead atoms. The number of nitrogens with one attached hydrogen (secondary N) is 2. The summed E-state index contributed by atoms with van der Waals surface area (Å²) in [5.41, 5.74) is 0. The zero-order chi connectivity index (χ0) is 16.4. The van der Waals surface area contributed by atoms with Crippen LogP contribution in [0.25, 0.3) is 0 Å². The molecule has 22 heavy (non-hydrogen) atoms. The molecule has 0 aromatic carbocycles. The Kier molecular flexibility index (Phi) is 8.78. The van der Waals surface area contributed by atoms with Crippen LogP contribution in [0.2, 0.25) is 0 Å². The lowest BCUT2D eigenvalue weighted by Gasteiger charge is -2.35. The Morgan fingerprint density at radius 3 is 2.64 bits per heavy atom.